The molecule has 5 nitrogen and oxygen atoms in total. The largest absolute Gasteiger partial charge is 0.378 e. The normalized spacial score (nSPS) is 10.2. The summed E-state index contributed by atoms with van der Waals surface area (Å²) in [6, 6.07) is 15.2. The molecule has 0 unspecified atom stereocenters. The molecule has 2 aromatic carbocycles. The third-order valence-electron chi connectivity index (χ3n) is 4.07. The number of rotatable bonds is 6. The molecule has 0 aliphatic heterocycles. The first kappa shape index (κ1) is 18.5. The summed E-state index contributed by atoms with van der Waals surface area (Å²) in [5.74, 6) is -0.174. The van der Waals surface area contributed by atoms with Gasteiger partial charge in [0.05, 0.1) is 0 Å². The lowest BCUT2D eigenvalue weighted by Crippen LogP contribution is -2.37. The maximum atomic E-state index is 12.3. The average Bonchev–Trinajstić information content (AvgIpc) is 2.58. The minimum Gasteiger partial charge on any atom is -0.378 e. The Balaban J connectivity index is 1.99. The molecule has 0 heterocycles. The number of carbonyl (C=O) groups excluding carboxylic acids is 2. The number of aryl methyl sites for hydroxylation is 1. The van der Waals surface area contributed by atoms with Gasteiger partial charge in [0.2, 0.25) is 5.91 Å². The summed E-state index contributed by atoms with van der Waals surface area (Å²) in [4.78, 5) is 27.9. The first-order valence-corrected chi connectivity index (χ1v) is 8.29. The lowest BCUT2D eigenvalue weighted by molar-refractivity contribution is -0.116. The summed E-state index contributed by atoms with van der Waals surface area (Å²) < 4.78 is 0. The fraction of sp³-hybridized carbons (Fsp3) is 0.300. The van der Waals surface area contributed by atoms with Crippen molar-refractivity contribution in [3.63, 3.8) is 0 Å². The zero-order valence-corrected chi connectivity index (χ0v) is 15.2. The Labute approximate surface area is 149 Å². The predicted octanol–water partition coefficient (Wildman–Crippen LogP) is 2.84. The summed E-state index contributed by atoms with van der Waals surface area (Å²) >= 11 is 0. The van der Waals surface area contributed by atoms with Crippen LogP contribution >= 0.6 is 0 Å². The molecule has 0 bridgehead atoms. The highest BCUT2D eigenvalue weighted by Gasteiger charge is 2.13. The van der Waals surface area contributed by atoms with Crippen LogP contribution in [0.5, 0.6) is 0 Å². The van der Waals surface area contributed by atoms with Crippen molar-refractivity contribution in [1.29, 1.82) is 0 Å². The highest BCUT2D eigenvalue weighted by atomic mass is 16.2. The molecule has 0 aliphatic carbocycles. The summed E-state index contributed by atoms with van der Waals surface area (Å²) in [5.41, 5.74) is 3.48. The smallest absolute Gasteiger partial charge is 0.251 e. The van der Waals surface area contributed by atoms with Crippen LogP contribution in [0.25, 0.3) is 0 Å². The second-order valence-corrected chi connectivity index (χ2v) is 6.15. The van der Waals surface area contributed by atoms with Crippen LogP contribution in [0.2, 0.25) is 0 Å². The second kappa shape index (κ2) is 8.33. The predicted molar refractivity (Wildman–Crippen MR) is 102 cm³/mol. The van der Waals surface area contributed by atoms with E-state index in [1.54, 1.807) is 11.0 Å². The summed E-state index contributed by atoms with van der Waals surface area (Å²) in [6.45, 7) is 4.25. The van der Waals surface area contributed by atoms with Crippen LogP contribution in [0.4, 0.5) is 11.4 Å². The fourth-order valence-corrected chi connectivity index (χ4v) is 2.60. The van der Waals surface area contributed by atoms with Gasteiger partial charge in [-0.05, 0) is 42.8 Å². The molecule has 0 spiro atoms. The van der Waals surface area contributed by atoms with Crippen molar-refractivity contribution >= 4 is 23.2 Å². The molecule has 0 saturated heterocycles. The zero-order valence-electron chi connectivity index (χ0n) is 15.2. The molecule has 2 aromatic rings. The van der Waals surface area contributed by atoms with Gasteiger partial charge in [0, 0.05) is 51.0 Å². The van der Waals surface area contributed by atoms with E-state index in [1.165, 1.54) is 6.92 Å². The van der Waals surface area contributed by atoms with E-state index in [2.05, 4.69) is 5.32 Å². The van der Waals surface area contributed by atoms with Crippen molar-refractivity contribution in [1.82, 2.24) is 5.32 Å². The van der Waals surface area contributed by atoms with E-state index >= 15 is 0 Å². The molecule has 132 valence electrons. The molecule has 5 heteroatoms. The third kappa shape index (κ3) is 4.83. The van der Waals surface area contributed by atoms with E-state index in [4.69, 9.17) is 0 Å². The number of benzene rings is 2. The van der Waals surface area contributed by atoms with Crippen molar-refractivity contribution < 1.29 is 9.59 Å². The Morgan fingerprint density at radius 1 is 0.960 bits per heavy atom. The maximum absolute atomic E-state index is 12.3. The van der Waals surface area contributed by atoms with Crippen molar-refractivity contribution in [3.05, 3.63) is 59.7 Å². The van der Waals surface area contributed by atoms with Crippen LogP contribution in [0, 0.1) is 6.92 Å². The SMILES string of the molecule is CC(=O)N(CCNC(=O)c1ccccc1C)c1ccc(N(C)C)cc1. The molecule has 0 aromatic heterocycles. The molecule has 25 heavy (non-hydrogen) atoms. The maximum Gasteiger partial charge on any atom is 0.251 e. The topological polar surface area (TPSA) is 52.7 Å². The first-order valence-electron chi connectivity index (χ1n) is 8.29. The number of anilines is 2. The molecule has 0 saturated carbocycles. The van der Waals surface area contributed by atoms with Gasteiger partial charge in [0.15, 0.2) is 0 Å². The van der Waals surface area contributed by atoms with Crippen LogP contribution < -0.4 is 15.1 Å². The van der Waals surface area contributed by atoms with Gasteiger partial charge in [-0.3, -0.25) is 9.59 Å². The van der Waals surface area contributed by atoms with E-state index < -0.39 is 0 Å². The minimum absolute atomic E-state index is 0.0530. The zero-order chi connectivity index (χ0) is 18.4. The minimum atomic E-state index is -0.121. The first-order chi connectivity index (χ1) is 11.9. The van der Waals surface area contributed by atoms with Crippen LogP contribution in [-0.4, -0.2) is 39.0 Å². The Morgan fingerprint density at radius 3 is 2.12 bits per heavy atom. The third-order valence-corrected chi connectivity index (χ3v) is 4.07. The van der Waals surface area contributed by atoms with Gasteiger partial charge in [0.25, 0.3) is 5.91 Å². The number of hydrogen-bond donors (Lipinski definition) is 1. The highest BCUT2D eigenvalue weighted by molar-refractivity contribution is 5.96. The van der Waals surface area contributed by atoms with Gasteiger partial charge in [0.1, 0.15) is 0 Å². The number of nitrogens with one attached hydrogen (secondary N) is 1. The van der Waals surface area contributed by atoms with Gasteiger partial charge in [-0.15, -0.1) is 0 Å². The average molecular weight is 339 g/mol. The van der Waals surface area contributed by atoms with E-state index in [9.17, 15) is 9.59 Å². The quantitative estimate of drug-likeness (QED) is 0.880. The van der Waals surface area contributed by atoms with E-state index in [0.717, 1.165) is 16.9 Å². The molecular formula is C20H25N3O2. The van der Waals surface area contributed by atoms with Crippen molar-refractivity contribution in [2.45, 2.75) is 13.8 Å². The van der Waals surface area contributed by atoms with Gasteiger partial charge >= 0.3 is 0 Å². The number of nitrogens with zero attached hydrogens (tertiary/aromatic N) is 2. The lowest BCUT2D eigenvalue weighted by atomic mass is 10.1. The van der Waals surface area contributed by atoms with E-state index in [-0.39, 0.29) is 11.8 Å². The highest BCUT2D eigenvalue weighted by Crippen LogP contribution is 2.19. The Hall–Kier alpha value is -2.82. The Bertz CT molecular complexity index is 739. The summed E-state index contributed by atoms with van der Waals surface area (Å²) in [5, 5.41) is 2.88. The second-order valence-electron chi connectivity index (χ2n) is 6.15. The van der Waals surface area contributed by atoms with Crippen LogP contribution in [0.15, 0.2) is 48.5 Å². The molecule has 0 aliphatic rings. The van der Waals surface area contributed by atoms with Gasteiger partial charge in [-0.1, -0.05) is 18.2 Å². The van der Waals surface area contributed by atoms with Crippen molar-refractivity contribution in [3.8, 4) is 0 Å². The number of carbonyl (C=O) groups is 2. The Kier molecular flexibility index (Phi) is 6.17. The van der Waals surface area contributed by atoms with Gasteiger partial charge in [-0.2, -0.15) is 0 Å². The van der Waals surface area contributed by atoms with Crippen LogP contribution in [0.3, 0.4) is 0 Å². The van der Waals surface area contributed by atoms with Crippen LogP contribution in [0.1, 0.15) is 22.8 Å². The molecule has 0 fully saturated rings. The standard InChI is InChI=1S/C20H25N3O2/c1-15-7-5-6-8-19(15)20(25)21-13-14-23(16(2)24)18-11-9-17(10-12-18)22(3)4/h5-12H,13-14H2,1-4H3,(H,21,25). The van der Waals surface area contributed by atoms with Gasteiger partial charge < -0.3 is 15.1 Å². The molecule has 0 atom stereocenters. The molecule has 2 amide bonds. The fourth-order valence-electron chi connectivity index (χ4n) is 2.60. The van der Waals surface area contributed by atoms with Crippen LogP contribution in [-0.2, 0) is 4.79 Å². The summed E-state index contributed by atoms with van der Waals surface area (Å²) in [7, 11) is 3.94. The Morgan fingerprint density at radius 2 is 1.56 bits per heavy atom. The number of hydrogen-bond acceptors (Lipinski definition) is 3. The molecular weight excluding hydrogens is 314 g/mol. The molecule has 2 rings (SSSR count). The molecule has 0 radical (unpaired) electrons. The van der Waals surface area contributed by atoms with E-state index in [1.807, 2.05) is 68.4 Å². The monoisotopic (exact) mass is 339 g/mol. The number of amides is 2. The van der Waals surface area contributed by atoms with Crippen molar-refractivity contribution in [2.75, 3.05) is 37.0 Å². The lowest BCUT2D eigenvalue weighted by Gasteiger charge is -2.22. The van der Waals surface area contributed by atoms with E-state index in [0.29, 0.717) is 18.7 Å². The van der Waals surface area contributed by atoms with Crippen molar-refractivity contribution in [2.24, 2.45) is 0 Å². The summed E-state index contributed by atoms with van der Waals surface area (Å²) in [6.07, 6.45) is 0. The van der Waals surface area contributed by atoms with Gasteiger partial charge in [-0.25, -0.2) is 0 Å². The molecule has 1 N–H and O–H groups in total.